The number of carboxylic acids is 1. The van der Waals surface area contributed by atoms with Crippen LogP contribution in [0.5, 0.6) is 0 Å². The lowest BCUT2D eigenvalue weighted by atomic mass is 9.98. The molecule has 15 heteroatoms. The average Bonchev–Trinajstić information content (AvgIpc) is 3.59. The number of carbonyl (C=O) groups excluding carboxylic acids is 3. The van der Waals surface area contributed by atoms with Crippen molar-refractivity contribution < 1.29 is 59.7 Å². The van der Waals surface area contributed by atoms with Gasteiger partial charge in [0.05, 0.1) is 28.9 Å². The number of nitrogens with one attached hydrogen (secondary N) is 1. The molecule has 0 aromatic carbocycles. The number of aliphatic carboxylic acids is 1. The minimum Gasteiger partial charge on any atom is -0.481 e. The summed E-state index contributed by atoms with van der Waals surface area (Å²) in [5.74, 6) is -6.49. The van der Waals surface area contributed by atoms with Crippen LogP contribution in [0.25, 0.3) is 0 Å². The number of rotatable bonds is 10. The molecule has 0 saturated heterocycles. The highest BCUT2D eigenvalue weighted by Gasteiger charge is 2.66. The van der Waals surface area contributed by atoms with Crippen LogP contribution in [0.2, 0.25) is 0 Å². The van der Waals surface area contributed by atoms with Crippen LogP contribution in [0, 0.1) is 22.7 Å². The monoisotopic (exact) mass is 603 g/mol. The highest BCUT2D eigenvalue weighted by molar-refractivity contribution is 7.90. The van der Waals surface area contributed by atoms with Crippen molar-refractivity contribution in [2.24, 2.45) is 22.7 Å². The molecule has 1 amide bonds. The van der Waals surface area contributed by atoms with E-state index < -0.39 is 98.6 Å². The Balaban J connectivity index is 0.000000294. The van der Waals surface area contributed by atoms with Crippen LogP contribution in [0.1, 0.15) is 80.1 Å². The SMILES string of the molecule is CC(C)(C)OC(=O)C[C@]1(C(=O)NS(=O)(=O)C2CC2)C[C@H]1C(F)F.CC(C)(C)OC(=O)C[C@]1(C(=O)O)C[C@H]1C(F)F. The molecule has 0 aromatic rings. The lowest BCUT2D eigenvalue weighted by Gasteiger charge is -2.22. The predicted molar refractivity (Wildman–Crippen MR) is 132 cm³/mol. The van der Waals surface area contributed by atoms with E-state index in [1.54, 1.807) is 41.5 Å². The number of hydrogen-bond acceptors (Lipinski definition) is 8. The van der Waals surface area contributed by atoms with Gasteiger partial charge in [-0.05, 0) is 67.2 Å². The van der Waals surface area contributed by atoms with E-state index in [1.165, 1.54) is 0 Å². The van der Waals surface area contributed by atoms with Gasteiger partial charge in [-0.15, -0.1) is 0 Å². The molecule has 40 heavy (non-hydrogen) atoms. The number of carboxylic acid groups (broad SMARTS) is 1. The molecule has 2 N–H and O–H groups in total. The van der Waals surface area contributed by atoms with Crippen LogP contribution in [-0.2, 0) is 38.7 Å². The average molecular weight is 604 g/mol. The van der Waals surface area contributed by atoms with Gasteiger partial charge in [-0.3, -0.25) is 23.9 Å². The summed E-state index contributed by atoms with van der Waals surface area (Å²) in [4.78, 5) is 46.6. The number of sulfonamides is 1. The Morgan fingerprint density at radius 3 is 1.50 bits per heavy atom. The van der Waals surface area contributed by atoms with Crippen molar-refractivity contribution >= 4 is 33.8 Å². The van der Waals surface area contributed by atoms with Crippen molar-refractivity contribution in [2.45, 2.75) is 109 Å². The Kier molecular flexibility index (Phi) is 9.65. The van der Waals surface area contributed by atoms with Gasteiger partial charge >= 0.3 is 17.9 Å². The second-order valence-corrected chi connectivity index (χ2v) is 14.6. The molecule has 0 unspecified atom stereocenters. The minimum absolute atomic E-state index is 0.167. The molecule has 0 spiro atoms. The summed E-state index contributed by atoms with van der Waals surface area (Å²) >= 11 is 0. The van der Waals surface area contributed by atoms with Crippen molar-refractivity contribution in [3.63, 3.8) is 0 Å². The van der Waals surface area contributed by atoms with Crippen LogP contribution in [0.3, 0.4) is 0 Å². The van der Waals surface area contributed by atoms with E-state index in [4.69, 9.17) is 14.6 Å². The van der Waals surface area contributed by atoms with Gasteiger partial charge in [0.2, 0.25) is 28.8 Å². The molecule has 230 valence electrons. The predicted octanol–water partition coefficient (Wildman–Crippen LogP) is 3.67. The Labute approximate surface area is 230 Å². The summed E-state index contributed by atoms with van der Waals surface area (Å²) in [5, 5.41) is 8.28. The molecule has 0 aliphatic heterocycles. The van der Waals surface area contributed by atoms with Crippen molar-refractivity contribution in [3.05, 3.63) is 0 Å². The second-order valence-electron chi connectivity index (χ2n) is 12.6. The third-order valence-corrected chi connectivity index (χ3v) is 8.53. The van der Waals surface area contributed by atoms with E-state index in [9.17, 15) is 45.2 Å². The molecule has 10 nitrogen and oxygen atoms in total. The zero-order valence-electron chi connectivity index (χ0n) is 23.3. The van der Waals surface area contributed by atoms with E-state index in [-0.39, 0.29) is 12.8 Å². The number of carbonyl (C=O) groups is 4. The molecule has 3 aliphatic rings. The highest BCUT2D eigenvalue weighted by atomic mass is 32.2. The second kappa shape index (κ2) is 11.4. The van der Waals surface area contributed by atoms with E-state index in [0.717, 1.165) is 0 Å². The first-order valence-electron chi connectivity index (χ1n) is 12.8. The normalized spacial score (nSPS) is 27.8. The fraction of sp³-hybridized carbons (Fsp3) is 0.840. The first-order chi connectivity index (χ1) is 18.0. The topological polar surface area (TPSA) is 153 Å². The van der Waals surface area contributed by atoms with Crippen LogP contribution >= 0.6 is 0 Å². The molecule has 0 radical (unpaired) electrons. The molecule has 0 heterocycles. The molecule has 0 aromatic heterocycles. The van der Waals surface area contributed by atoms with Gasteiger partial charge in [-0.25, -0.2) is 26.0 Å². The number of amides is 1. The zero-order valence-corrected chi connectivity index (χ0v) is 24.1. The maximum absolute atomic E-state index is 13.0. The van der Waals surface area contributed by atoms with Crippen molar-refractivity contribution in [1.82, 2.24) is 4.72 Å². The van der Waals surface area contributed by atoms with Gasteiger partial charge in [0, 0.05) is 11.8 Å². The summed E-state index contributed by atoms with van der Waals surface area (Å²) in [7, 11) is -3.85. The molecule has 4 atom stereocenters. The highest BCUT2D eigenvalue weighted by Crippen LogP contribution is 2.59. The third kappa shape index (κ3) is 8.77. The Hall–Kier alpha value is -2.45. The van der Waals surface area contributed by atoms with Gasteiger partial charge in [0.25, 0.3) is 0 Å². The first-order valence-corrected chi connectivity index (χ1v) is 14.3. The van der Waals surface area contributed by atoms with Crippen molar-refractivity contribution in [2.75, 3.05) is 0 Å². The number of halogens is 4. The summed E-state index contributed by atoms with van der Waals surface area (Å²) in [5.41, 5.74) is -4.88. The summed E-state index contributed by atoms with van der Waals surface area (Å²) in [6.07, 6.45) is -6.06. The standard InChI is InChI=1S/C14H21F2NO5S.C11H16F2O4/c1-13(2,3)22-10(18)7-14(6-9(14)11(15)16)12(19)17-23(20,21)8-4-5-8;1-10(2,3)17-7(14)5-11(9(15)16)4-6(11)8(12)13/h8-9,11H,4-7H2,1-3H3,(H,17,19);6,8H,4-5H2,1-3H3,(H,15,16)/t9-,14+;6-,11+/m00/s1. The van der Waals surface area contributed by atoms with E-state index in [2.05, 4.69) is 0 Å². The smallest absolute Gasteiger partial charge is 0.310 e. The number of hydrogen-bond donors (Lipinski definition) is 2. The maximum atomic E-state index is 13.0. The fourth-order valence-electron chi connectivity index (χ4n) is 4.36. The van der Waals surface area contributed by atoms with Crippen molar-refractivity contribution in [1.29, 1.82) is 0 Å². The molecular weight excluding hydrogens is 566 g/mol. The third-order valence-electron chi connectivity index (χ3n) is 6.71. The lowest BCUT2D eigenvalue weighted by Crippen LogP contribution is -2.41. The van der Waals surface area contributed by atoms with E-state index in [1.807, 2.05) is 4.72 Å². The molecular formula is C25H37F4NO9S. The van der Waals surface area contributed by atoms with E-state index >= 15 is 0 Å². The molecule has 0 bridgehead atoms. The van der Waals surface area contributed by atoms with E-state index in [0.29, 0.717) is 12.8 Å². The Morgan fingerprint density at radius 1 is 0.825 bits per heavy atom. The van der Waals surface area contributed by atoms with Gasteiger partial charge in [0.1, 0.15) is 11.2 Å². The maximum Gasteiger partial charge on any atom is 0.310 e. The summed E-state index contributed by atoms with van der Waals surface area (Å²) in [6.45, 7) is 9.76. The number of esters is 2. The molecule has 3 aliphatic carbocycles. The molecule has 3 saturated carbocycles. The summed E-state index contributed by atoms with van der Waals surface area (Å²) < 4.78 is 86.4. The molecule has 3 fully saturated rings. The largest absolute Gasteiger partial charge is 0.481 e. The van der Waals surface area contributed by atoms with Crippen LogP contribution < -0.4 is 4.72 Å². The van der Waals surface area contributed by atoms with Crippen LogP contribution in [-0.4, -0.2) is 66.6 Å². The van der Waals surface area contributed by atoms with Gasteiger partial charge in [0.15, 0.2) is 0 Å². The fourth-order valence-corrected chi connectivity index (χ4v) is 5.74. The zero-order chi connectivity index (χ0) is 31.1. The first kappa shape index (κ1) is 33.8. The molecule has 3 rings (SSSR count). The number of alkyl halides is 4. The van der Waals surface area contributed by atoms with Crippen LogP contribution in [0.4, 0.5) is 17.6 Å². The summed E-state index contributed by atoms with van der Waals surface area (Å²) in [6, 6.07) is 0. The quantitative estimate of drug-likeness (QED) is 0.281. The van der Waals surface area contributed by atoms with Gasteiger partial charge in [-0.1, -0.05) is 0 Å². The Bertz CT molecular complexity index is 1110. The minimum atomic E-state index is -3.85. The van der Waals surface area contributed by atoms with Crippen molar-refractivity contribution in [3.8, 4) is 0 Å². The van der Waals surface area contributed by atoms with Gasteiger partial charge < -0.3 is 14.6 Å². The lowest BCUT2D eigenvalue weighted by molar-refractivity contribution is -0.161. The van der Waals surface area contributed by atoms with Crippen LogP contribution in [0.15, 0.2) is 0 Å². The Morgan fingerprint density at radius 2 is 1.20 bits per heavy atom. The van der Waals surface area contributed by atoms with Gasteiger partial charge in [-0.2, -0.15) is 0 Å². The number of ether oxygens (including phenoxy) is 2.